The van der Waals surface area contributed by atoms with E-state index in [1.165, 1.54) is 12.1 Å². The van der Waals surface area contributed by atoms with Crippen molar-refractivity contribution in [1.82, 2.24) is 0 Å². The fraction of sp³-hybridized carbons (Fsp3) is 0.538. The molecule has 1 nitrogen and oxygen atoms in total. The first-order valence-corrected chi connectivity index (χ1v) is 8.67. The van der Waals surface area contributed by atoms with Gasteiger partial charge in [0.05, 0.1) is 0 Å². The molecule has 0 aliphatic carbocycles. The van der Waals surface area contributed by atoms with Gasteiger partial charge in [0.15, 0.2) is 0 Å². The Morgan fingerprint density at radius 2 is 1.88 bits per heavy atom. The average molecular weight is 273 g/mol. The lowest BCUT2D eigenvalue weighted by atomic mass is 10.3. The molecule has 0 heterocycles. The first kappa shape index (κ1) is 14.7. The molecule has 1 N–H and O–H groups in total. The van der Waals surface area contributed by atoms with Crippen LogP contribution in [0.4, 0.5) is 10.1 Å². The molecule has 1 aromatic carbocycles. The minimum atomic E-state index is -1.80. The summed E-state index contributed by atoms with van der Waals surface area (Å²) in [6.07, 6.45) is -1.80. The summed E-state index contributed by atoms with van der Waals surface area (Å²) in [5, 5.41) is 3.44. The first-order chi connectivity index (χ1) is 7.67. The SMILES string of the molecule is CC(C)P(=S)(Nc1cccc(F)c1)C(C)(C)C. The standard InChI is InChI=1S/C13H21FNPS/c1-10(2)16(17,13(3,4)5)15-12-8-6-7-11(14)9-12/h6-10H,1-5H3,(H,15,17). The molecule has 0 saturated carbocycles. The minimum absolute atomic E-state index is 0.0167. The highest BCUT2D eigenvalue weighted by molar-refractivity contribution is 8.16. The second kappa shape index (κ2) is 5.07. The molecule has 0 fully saturated rings. The lowest BCUT2D eigenvalue weighted by molar-refractivity contribution is 0.628. The Hall–Kier alpha value is -0.400. The van der Waals surface area contributed by atoms with Gasteiger partial charge in [-0.2, -0.15) is 0 Å². The molecular weight excluding hydrogens is 252 g/mol. The van der Waals surface area contributed by atoms with Crippen molar-refractivity contribution in [3.63, 3.8) is 0 Å². The van der Waals surface area contributed by atoms with Crippen molar-refractivity contribution >= 4 is 23.7 Å². The lowest BCUT2D eigenvalue weighted by Crippen LogP contribution is -2.25. The monoisotopic (exact) mass is 273 g/mol. The number of hydrogen-bond donors (Lipinski definition) is 1. The molecule has 1 rings (SSSR count). The summed E-state index contributed by atoms with van der Waals surface area (Å²) in [4.78, 5) is 0. The summed E-state index contributed by atoms with van der Waals surface area (Å²) in [6.45, 7) is 10.7. The molecule has 0 saturated heterocycles. The van der Waals surface area contributed by atoms with Crippen molar-refractivity contribution in [3.8, 4) is 0 Å². The zero-order chi connectivity index (χ0) is 13.3. The van der Waals surface area contributed by atoms with Crippen LogP contribution in [0.3, 0.4) is 0 Å². The molecule has 0 radical (unpaired) electrons. The van der Waals surface area contributed by atoms with Crippen LogP contribution < -0.4 is 5.09 Å². The third-order valence-corrected chi connectivity index (χ3v) is 10.1. The summed E-state index contributed by atoms with van der Waals surface area (Å²) in [7, 11) is 0. The van der Waals surface area contributed by atoms with Crippen LogP contribution in [0, 0.1) is 5.82 Å². The van der Waals surface area contributed by atoms with E-state index in [1.807, 2.05) is 6.07 Å². The second-order valence-electron chi connectivity index (χ2n) is 5.54. The van der Waals surface area contributed by atoms with Crippen LogP contribution in [-0.4, -0.2) is 10.8 Å². The maximum atomic E-state index is 13.2. The Labute approximate surface area is 109 Å². The van der Waals surface area contributed by atoms with E-state index < -0.39 is 6.19 Å². The van der Waals surface area contributed by atoms with Crippen molar-refractivity contribution < 1.29 is 4.39 Å². The maximum Gasteiger partial charge on any atom is 0.125 e. The number of halogens is 1. The molecule has 0 bridgehead atoms. The average Bonchev–Trinajstić information content (AvgIpc) is 2.15. The molecule has 96 valence electrons. The van der Waals surface area contributed by atoms with E-state index in [0.717, 1.165) is 5.69 Å². The quantitative estimate of drug-likeness (QED) is 0.791. The summed E-state index contributed by atoms with van der Waals surface area (Å²) in [5.74, 6) is -0.228. The van der Waals surface area contributed by atoms with Gasteiger partial charge in [-0.05, 0) is 23.9 Å². The van der Waals surface area contributed by atoms with Crippen molar-refractivity contribution in [2.24, 2.45) is 0 Å². The summed E-state index contributed by atoms with van der Waals surface area (Å²) < 4.78 is 13.2. The molecule has 1 atom stereocenters. The van der Waals surface area contributed by atoms with E-state index in [4.69, 9.17) is 11.8 Å². The highest BCUT2D eigenvalue weighted by Crippen LogP contribution is 2.60. The molecule has 0 aliphatic rings. The van der Waals surface area contributed by atoms with Gasteiger partial charge in [0.1, 0.15) is 5.82 Å². The first-order valence-electron chi connectivity index (χ1n) is 5.80. The van der Waals surface area contributed by atoms with E-state index in [-0.39, 0.29) is 11.0 Å². The van der Waals surface area contributed by atoms with Gasteiger partial charge in [-0.1, -0.05) is 52.5 Å². The Morgan fingerprint density at radius 1 is 1.29 bits per heavy atom. The fourth-order valence-corrected chi connectivity index (χ4v) is 4.80. The Bertz CT molecular complexity index is 437. The highest BCUT2D eigenvalue weighted by atomic mass is 32.4. The molecule has 0 spiro atoms. The topological polar surface area (TPSA) is 12.0 Å². The number of benzene rings is 1. The Kier molecular flexibility index (Phi) is 4.38. The fourth-order valence-electron chi connectivity index (χ4n) is 1.82. The van der Waals surface area contributed by atoms with Crippen LogP contribution in [0.2, 0.25) is 0 Å². The van der Waals surface area contributed by atoms with Crippen LogP contribution in [0.5, 0.6) is 0 Å². The van der Waals surface area contributed by atoms with Crippen LogP contribution in [-0.2, 0) is 11.8 Å². The van der Waals surface area contributed by atoms with E-state index in [1.54, 1.807) is 6.07 Å². The highest BCUT2D eigenvalue weighted by Gasteiger charge is 2.34. The molecule has 1 aromatic rings. The molecule has 0 amide bonds. The van der Waals surface area contributed by atoms with Crippen molar-refractivity contribution in [2.75, 3.05) is 5.09 Å². The second-order valence-corrected chi connectivity index (χ2v) is 11.2. The van der Waals surface area contributed by atoms with Crippen LogP contribution >= 0.6 is 6.19 Å². The minimum Gasteiger partial charge on any atom is -0.357 e. The molecule has 0 aliphatic heterocycles. The number of rotatable bonds is 3. The van der Waals surface area contributed by atoms with Crippen molar-refractivity contribution in [2.45, 2.75) is 45.4 Å². The number of nitrogens with one attached hydrogen (secondary N) is 1. The number of hydrogen-bond acceptors (Lipinski definition) is 1. The normalized spacial score (nSPS) is 15.7. The van der Waals surface area contributed by atoms with Crippen LogP contribution in [0.25, 0.3) is 0 Å². The smallest absolute Gasteiger partial charge is 0.125 e. The third kappa shape index (κ3) is 3.29. The summed E-state index contributed by atoms with van der Waals surface area (Å²) in [6, 6.07) is 6.54. The van der Waals surface area contributed by atoms with Gasteiger partial charge in [0.2, 0.25) is 0 Å². The van der Waals surface area contributed by atoms with Crippen molar-refractivity contribution in [3.05, 3.63) is 30.1 Å². The third-order valence-electron chi connectivity index (χ3n) is 2.84. The van der Waals surface area contributed by atoms with Gasteiger partial charge in [-0.15, -0.1) is 0 Å². The largest absolute Gasteiger partial charge is 0.357 e. The molecule has 0 aromatic heterocycles. The summed E-state index contributed by atoms with van der Waals surface area (Å²) in [5.41, 5.74) is 1.16. The Balaban J connectivity index is 3.09. The predicted molar refractivity (Wildman–Crippen MR) is 79.2 cm³/mol. The maximum absolute atomic E-state index is 13.2. The van der Waals surface area contributed by atoms with Crippen LogP contribution in [0.15, 0.2) is 24.3 Å². The molecule has 17 heavy (non-hydrogen) atoms. The van der Waals surface area contributed by atoms with Crippen molar-refractivity contribution in [1.29, 1.82) is 0 Å². The predicted octanol–water partition coefficient (Wildman–Crippen LogP) is 4.84. The van der Waals surface area contributed by atoms with E-state index in [2.05, 4.69) is 39.7 Å². The van der Waals surface area contributed by atoms with E-state index >= 15 is 0 Å². The summed E-state index contributed by atoms with van der Waals surface area (Å²) >= 11 is 5.87. The number of anilines is 1. The van der Waals surface area contributed by atoms with Gasteiger partial charge in [0, 0.05) is 17.0 Å². The zero-order valence-corrected chi connectivity index (χ0v) is 12.8. The molecule has 4 heteroatoms. The van der Waals surface area contributed by atoms with Gasteiger partial charge in [-0.25, -0.2) is 4.39 Å². The lowest BCUT2D eigenvalue weighted by Gasteiger charge is -2.39. The zero-order valence-electron chi connectivity index (χ0n) is 11.1. The molecule has 1 unspecified atom stereocenters. The van der Waals surface area contributed by atoms with Gasteiger partial charge in [-0.3, -0.25) is 0 Å². The Morgan fingerprint density at radius 3 is 2.29 bits per heavy atom. The van der Waals surface area contributed by atoms with E-state index in [0.29, 0.717) is 5.66 Å². The molecular formula is C13H21FNPS. The van der Waals surface area contributed by atoms with E-state index in [9.17, 15) is 4.39 Å². The van der Waals surface area contributed by atoms with Crippen LogP contribution in [0.1, 0.15) is 34.6 Å². The van der Waals surface area contributed by atoms with Gasteiger partial charge >= 0.3 is 0 Å². The van der Waals surface area contributed by atoms with Gasteiger partial charge in [0.25, 0.3) is 0 Å². The van der Waals surface area contributed by atoms with Gasteiger partial charge < -0.3 is 5.09 Å².